The van der Waals surface area contributed by atoms with E-state index >= 15 is 0 Å². The van der Waals surface area contributed by atoms with Crippen LogP contribution in [0.2, 0.25) is 0 Å². The molecule has 0 aliphatic rings. The second-order valence-corrected chi connectivity index (χ2v) is 5.98. The number of para-hydroxylation sites is 1. The Bertz CT molecular complexity index is 748. The zero-order chi connectivity index (χ0) is 19.2. The molecule has 2 aromatic carbocycles. The first-order valence-electron chi connectivity index (χ1n) is 8.13. The van der Waals surface area contributed by atoms with Crippen molar-refractivity contribution in [3.8, 4) is 5.75 Å². The molecule has 7 heteroatoms. The predicted molar refractivity (Wildman–Crippen MR) is 92.9 cm³/mol. The standard InChI is InChI=1S/C19H21F3N2O2/c1-14-6-5-7-15(12-14)10-11-23-18(25)24(2)13-16-8-3-4-9-17(16)26-19(20,21)22/h3-9,12H,10-11,13H2,1-2H3,(H,23,25). The number of hydrogen-bond donors (Lipinski definition) is 1. The van der Waals surface area contributed by atoms with E-state index in [1.54, 1.807) is 6.07 Å². The van der Waals surface area contributed by atoms with Gasteiger partial charge in [0.2, 0.25) is 0 Å². The van der Waals surface area contributed by atoms with Gasteiger partial charge < -0.3 is 15.0 Å². The first-order valence-corrected chi connectivity index (χ1v) is 8.13. The number of benzene rings is 2. The molecular formula is C19H21F3N2O2. The van der Waals surface area contributed by atoms with Gasteiger partial charge in [-0.3, -0.25) is 0 Å². The summed E-state index contributed by atoms with van der Waals surface area (Å²) in [5.41, 5.74) is 2.53. The number of ether oxygens (including phenoxy) is 1. The normalized spacial score (nSPS) is 11.1. The topological polar surface area (TPSA) is 41.6 Å². The molecule has 0 aliphatic heterocycles. The molecule has 0 saturated heterocycles. The Morgan fingerprint density at radius 2 is 1.88 bits per heavy atom. The maximum absolute atomic E-state index is 12.5. The molecule has 2 rings (SSSR count). The Balaban J connectivity index is 1.89. The molecule has 0 atom stereocenters. The van der Waals surface area contributed by atoms with Crippen LogP contribution in [0, 0.1) is 6.92 Å². The van der Waals surface area contributed by atoms with Gasteiger partial charge in [-0.15, -0.1) is 13.2 Å². The van der Waals surface area contributed by atoms with E-state index in [9.17, 15) is 18.0 Å². The number of alkyl halides is 3. The van der Waals surface area contributed by atoms with Crippen LogP contribution in [0.5, 0.6) is 5.75 Å². The average Bonchev–Trinajstić information content (AvgIpc) is 2.55. The first kappa shape index (κ1) is 19.6. The molecule has 0 saturated carbocycles. The van der Waals surface area contributed by atoms with E-state index < -0.39 is 6.36 Å². The number of rotatable bonds is 6. The fraction of sp³-hybridized carbons (Fsp3) is 0.316. The quantitative estimate of drug-likeness (QED) is 0.829. The number of nitrogens with one attached hydrogen (secondary N) is 1. The lowest BCUT2D eigenvalue weighted by atomic mass is 10.1. The molecule has 2 amide bonds. The Labute approximate surface area is 150 Å². The second-order valence-electron chi connectivity index (χ2n) is 5.98. The molecule has 0 unspecified atom stereocenters. The van der Waals surface area contributed by atoms with E-state index in [1.807, 2.05) is 31.2 Å². The van der Waals surface area contributed by atoms with Crippen LogP contribution >= 0.6 is 0 Å². The maximum Gasteiger partial charge on any atom is 0.573 e. The summed E-state index contributed by atoms with van der Waals surface area (Å²) in [5, 5.41) is 2.76. The number of urea groups is 1. The van der Waals surface area contributed by atoms with Crippen molar-refractivity contribution < 1.29 is 22.7 Å². The van der Waals surface area contributed by atoms with Gasteiger partial charge in [0, 0.05) is 19.2 Å². The summed E-state index contributed by atoms with van der Waals surface area (Å²) in [5.74, 6) is -0.306. The highest BCUT2D eigenvalue weighted by Crippen LogP contribution is 2.26. The van der Waals surface area contributed by atoms with E-state index in [0.717, 1.165) is 11.1 Å². The van der Waals surface area contributed by atoms with Crippen LogP contribution in [0.4, 0.5) is 18.0 Å². The third-order valence-electron chi connectivity index (χ3n) is 3.72. The number of nitrogens with zero attached hydrogens (tertiary/aromatic N) is 1. The highest BCUT2D eigenvalue weighted by molar-refractivity contribution is 5.73. The van der Waals surface area contributed by atoms with Crippen molar-refractivity contribution in [2.75, 3.05) is 13.6 Å². The van der Waals surface area contributed by atoms with E-state index in [-0.39, 0.29) is 23.9 Å². The molecule has 26 heavy (non-hydrogen) atoms. The number of halogens is 3. The average molecular weight is 366 g/mol. The van der Waals surface area contributed by atoms with Crippen molar-refractivity contribution >= 4 is 6.03 Å². The maximum atomic E-state index is 12.5. The monoisotopic (exact) mass is 366 g/mol. The third kappa shape index (κ3) is 6.31. The molecule has 0 spiro atoms. The molecule has 140 valence electrons. The van der Waals surface area contributed by atoms with Crippen LogP contribution in [0.25, 0.3) is 0 Å². The minimum atomic E-state index is -4.77. The minimum Gasteiger partial charge on any atom is -0.405 e. The summed E-state index contributed by atoms with van der Waals surface area (Å²) < 4.78 is 41.4. The van der Waals surface area contributed by atoms with Gasteiger partial charge in [-0.25, -0.2) is 4.79 Å². The molecule has 0 aliphatic carbocycles. The molecule has 0 bridgehead atoms. The molecule has 0 radical (unpaired) electrons. The lowest BCUT2D eigenvalue weighted by Crippen LogP contribution is -2.38. The number of hydrogen-bond acceptors (Lipinski definition) is 2. The van der Waals surface area contributed by atoms with Crippen molar-refractivity contribution in [2.45, 2.75) is 26.3 Å². The smallest absolute Gasteiger partial charge is 0.405 e. The van der Waals surface area contributed by atoms with Gasteiger partial charge in [0.25, 0.3) is 0 Å². The lowest BCUT2D eigenvalue weighted by molar-refractivity contribution is -0.275. The molecule has 1 N–H and O–H groups in total. The summed E-state index contributed by atoms with van der Waals surface area (Å²) in [6, 6.07) is 13.4. The van der Waals surface area contributed by atoms with Crippen molar-refractivity contribution in [1.29, 1.82) is 0 Å². The number of carbonyl (C=O) groups excluding carboxylic acids is 1. The molecule has 4 nitrogen and oxygen atoms in total. The van der Waals surface area contributed by atoms with Gasteiger partial charge >= 0.3 is 12.4 Å². The second kappa shape index (κ2) is 8.60. The lowest BCUT2D eigenvalue weighted by Gasteiger charge is -2.20. The highest BCUT2D eigenvalue weighted by atomic mass is 19.4. The third-order valence-corrected chi connectivity index (χ3v) is 3.72. The van der Waals surface area contributed by atoms with Crippen molar-refractivity contribution in [3.05, 3.63) is 65.2 Å². The zero-order valence-corrected chi connectivity index (χ0v) is 14.6. The molecule has 0 aromatic heterocycles. The number of carbonyl (C=O) groups is 1. The van der Waals surface area contributed by atoms with Gasteiger partial charge in [0.1, 0.15) is 5.75 Å². The predicted octanol–water partition coefficient (Wildman–Crippen LogP) is 4.28. The SMILES string of the molecule is Cc1cccc(CCNC(=O)N(C)Cc2ccccc2OC(F)(F)F)c1. The van der Waals surface area contributed by atoms with Crippen LogP contribution < -0.4 is 10.1 Å². The molecule has 0 fully saturated rings. The van der Waals surface area contributed by atoms with Gasteiger partial charge in [-0.2, -0.15) is 0 Å². The van der Waals surface area contributed by atoms with E-state index in [4.69, 9.17) is 0 Å². The van der Waals surface area contributed by atoms with Crippen LogP contribution in [0.1, 0.15) is 16.7 Å². The first-order chi connectivity index (χ1) is 12.2. The fourth-order valence-electron chi connectivity index (χ4n) is 2.50. The van der Waals surface area contributed by atoms with Gasteiger partial charge in [-0.1, -0.05) is 48.0 Å². The Morgan fingerprint density at radius 1 is 1.15 bits per heavy atom. The van der Waals surface area contributed by atoms with E-state index in [0.29, 0.717) is 13.0 Å². The Hall–Kier alpha value is -2.70. The zero-order valence-electron chi connectivity index (χ0n) is 14.6. The summed E-state index contributed by atoms with van der Waals surface area (Å²) in [7, 11) is 1.52. The van der Waals surface area contributed by atoms with E-state index in [1.165, 1.54) is 30.1 Å². The summed E-state index contributed by atoms with van der Waals surface area (Å²) >= 11 is 0. The van der Waals surface area contributed by atoms with Crippen LogP contribution in [-0.2, 0) is 13.0 Å². The summed E-state index contributed by atoms with van der Waals surface area (Å²) in [6.07, 6.45) is -4.10. The van der Waals surface area contributed by atoms with Crippen LogP contribution in [0.3, 0.4) is 0 Å². The molecule has 2 aromatic rings. The number of aryl methyl sites for hydroxylation is 1. The number of amides is 2. The van der Waals surface area contributed by atoms with Crippen molar-refractivity contribution in [3.63, 3.8) is 0 Å². The summed E-state index contributed by atoms with van der Waals surface area (Å²) in [4.78, 5) is 13.5. The van der Waals surface area contributed by atoms with Crippen LogP contribution in [-0.4, -0.2) is 30.9 Å². The molecular weight excluding hydrogens is 345 g/mol. The fourth-order valence-corrected chi connectivity index (χ4v) is 2.50. The minimum absolute atomic E-state index is 0.00251. The van der Waals surface area contributed by atoms with Crippen molar-refractivity contribution in [1.82, 2.24) is 10.2 Å². The summed E-state index contributed by atoms with van der Waals surface area (Å²) in [6.45, 7) is 2.44. The van der Waals surface area contributed by atoms with Gasteiger partial charge in [-0.05, 0) is 25.0 Å². The largest absolute Gasteiger partial charge is 0.573 e. The van der Waals surface area contributed by atoms with Gasteiger partial charge in [0.15, 0.2) is 0 Å². The van der Waals surface area contributed by atoms with E-state index in [2.05, 4.69) is 10.1 Å². The van der Waals surface area contributed by atoms with Crippen molar-refractivity contribution in [2.24, 2.45) is 0 Å². The highest BCUT2D eigenvalue weighted by Gasteiger charge is 2.32. The van der Waals surface area contributed by atoms with Crippen LogP contribution in [0.15, 0.2) is 48.5 Å². The Kier molecular flexibility index (Phi) is 6.49. The Morgan fingerprint density at radius 3 is 2.58 bits per heavy atom. The molecule has 0 heterocycles. The van der Waals surface area contributed by atoms with Gasteiger partial charge in [0.05, 0.1) is 6.54 Å².